The first kappa shape index (κ1) is 11.9. The standard InChI is InChI=1S/C13H24N2O/c14-9-10-5-4-8-12(10)13(16)15-11-6-2-1-3-7-11/h10-12H,1-9,14H2,(H,15,16). The van der Waals surface area contributed by atoms with Crippen molar-refractivity contribution < 1.29 is 4.79 Å². The number of amides is 1. The summed E-state index contributed by atoms with van der Waals surface area (Å²) in [5.41, 5.74) is 5.72. The van der Waals surface area contributed by atoms with Gasteiger partial charge in [-0.25, -0.2) is 0 Å². The van der Waals surface area contributed by atoms with E-state index in [9.17, 15) is 4.79 Å². The predicted molar refractivity (Wildman–Crippen MR) is 64.9 cm³/mol. The van der Waals surface area contributed by atoms with Gasteiger partial charge < -0.3 is 11.1 Å². The lowest BCUT2D eigenvalue weighted by molar-refractivity contribution is -0.126. The predicted octanol–water partition coefficient (Wildman–Crippen LogP) is 1.81. The van der Waals surface area contributed by atoms with E-state index in [-0.39, 0.29) is 11.8 Å². The number of hydrogen-bond donors (Lipinski definition) is 2. The molecule has 0 aromatic heterocycles. The number of rotatable bonds is 3. The number of nitrogens with two attached hydrogens (primary N) is 1. The lowest BCUT2D eigenvalue weighted by Gasteiger charge is -2.26. The third-order valence-electron chi connectivity index (χ3n) is 4.25. The molecule has 0 bridgehead atoms. The highest BCUT2D eigenvalue weighted by Crippen LogP contribution is 2.31. The molecule has 2 aliphatic rings. The van der Waals surface area contributed by atoms with E-state index >= 15 is 0 Å². The van der Waals surface area contributed by atoms with E-state index in [1.165, 1.54) is 38.5 Å². The first-order valence-electron chi connectivity index (χ1n) is 6.81. The van der Waals surface area contributed by atoms with Crippen LogP contribution >= 0.6 is 0 Å². The average molecular weight is 224 g/mol. The van der Waals surface area contributed by atoms with Crippen molar-refractivity contribution in [3.8, 4) is 0 Å². The maximum atomic E-state index is 12.1. The molecule has 2 unspecified atom stereocenters. The number of hydrogen-bond acceptors (Lipinski definition) is 2. The zero-order chi connectivity index (χ0) is 11.4. The highest BCUT2D eigenvalue weighted by molar-refractivity contribution is 5.79. The fourth-order valence-corrected chi connectivity index (χ4v) is 3.22. The Kier molecular flexibility index (Phi) is 4.22. The van der Waals surface area contributed by atoms with Crippen molar-refractivity contribution >= 4 is 5.91 Å². The van der Waals surface area contributed by atoms with Crippen LogP contribution in [0.15, 0.2) is 0 Å². The number of nitrogens with one attached hydrogen (secondary N) is 1. The van der Waals surface area contributed by atoms with Gasteiger partial charge in [0.15, 0.2) is 0 Å². The topological polar surface area (TPSA) is 55.1 Å². The molecule has 2 atom stereocenters. The van der Waals surface area contributed by atoms with Gasteiger partial charge in [0.2, 0.25) is 5.91 Å². The second-order valence-electron chi connectivity index (χ2n) is 5.38. The fraction of sp³-hybridized carbons (Fsp3) is 0.923. The van der Waals surface area contributed by atoms with Crippen molar-refractivity contribution in [1.82, 2.24) is 5.32 Å². The Labute approximate surface area is 98.2 Å². The molecule has 3 N–H and O–H groups in total. The van der Waals surface area contributed by atoms with Crippen molar-refractivity contribution in [3.63, 3.8) is 0 Å². The van der Waals surface area contributed by atoms with Gasteiger partial charge in [0.1, 0.15) is 0 Å². The minimum absolute atomic E-state index is 0.201. The summed E-state index contributed by atoms with van der Waals surface area (Å²) in [6.07, 6.45) is 9.58. The van der Waals surface area contributed by atoms with E-state index in [0.29, 0.717) is 18.5 Å². The summed E-state index contributed by atoms with van der Waals surface area (Å²) >= 11 is 0. The van der Waals surface area contributed by atoms with E-state index in [2.05, 4.69) is 5.32 Å². The normalized spacial score (nSPS) is 31.6. The molecule has 1 amide bonds. The molecule has 2 rings (SSSR count). The highest BCUT2D eigenvalue weighted by atomic mass is 16.2. The minimum Gasteiger partial charge on any atom is -0.353 e. The minimum atomic E-state index is 0.201. The van der Waals surface area contributed by atoms with Gasteiger partial charge in [0.05, 0.1) is 0 Å². The van der Waals surface area contributed by atoms with Crippen molar-refractivity contribution in [2.75, 3.05) is 6.54 Å². The molecule has 3 nitrogen and oxygen atoms in total. The molecule has 16 heavy (non-hydrogen) atoms. The lowest BCUT2D eigenvalue weighted by atomic mass is 9.92. The fourth-order valence-electron chi connectivity index (χ4n) is 3.22. The van der Waals surface area contributed by atoms with E-state index < -0.39 is 0 Å². The molecular weight excluding hydrogens is 200 g/mol. The maximum Gasteiger partial charge on any atom is 0.223 e. The maximum absolute atomic E-state index is 12.1. The zero-order valence-corrected chi connectivity index (χ0v) is 10.1. The summed E-state index contributed by atoms with van der Waals surface area (Å²) in [5.74, 6) is 0.912. The van der Waals surface area contributed by atoms with E-state index in [1.807, 2.05) is 0 Å². The molecule has 2 fully saturated rings. The highest BCUT2D eigenvalue weighted by Gasteiger charge is 2.32. The van der Waals surface area contributed by atoms with Crippen LogP contribution in [0.5, 0.6) is 0 Å². The van der Waals surface area contributed by atoms with Gasteiger partial charge in [-0.05, 0) is 38.1 Å². The lowest BCUT2D eigenvalue weighted by Crippen LogP contribution is -2.41. The number of carbonyl (C=O) groups is 1. The summed E-state index contributed by atoms with van der Waals surface area (Å²) in [5, 5.41) is 3.23. The molecule has 0 aromatic carbocycles. The molecule has 0 aromatic rings. The Morgan fingerprint density at radius 2 is 1.81 bits per heavy atom. The van der Waals surface area contributed by atoms with Crippen molar-refractivity contribution in [2.45, 2.75) is 57.4 Å². The van der Waals surface area contributed by atoms with Crippen LogP contribution in [0.3, 0.4) is 0 Å². The van der Waals surface area contributed by atoms with Crippen LogP contribution in [-0.2, 0) is 4.79 Å². The molecule has 0 aliphatic heterocycles. The van der Waals surface area contributed by atoms with Crippen LogP contribution in [0.1, 0.15) is 51.4 Å². The molecule has 0 spiro atoms. The summed E-state index contributed by atoms with van der Waals surface area (Å²) in [6.45, 7) is 0.669. The van der Waals surface area contributed by atoms with Crippen LogP contribution < -0.4 is 11.1 Å². The smallest absolute Gasteiger partial charge is 0.223 e. The summed E-state index contributed by atoms with van der Waals surface area (Å²) in [6, 6.07) is 0.445. The van der Waals surface area contributed by atoms with Crippen LogP contribution in [0, 0.1) is 11.8 Å². The molecule has 0 radical (unpaired) electrons. The molecule has 3 heteroatoms. The second kappa shape index (κ2) is 5.67. The third kappa shape index (κ3) is 2.76. The van der Waals surface area contributed by atoms with Crippen LogP contribution in [-0.4, -0.2) is 18.5 Å². The Balaban J connectivity index is 1.82. The van der Waals surface area contributed by atoms with E-state index in [1.54, 1.807) is 0 Å². The van der Waals surface area contributed by atoms with Gasteiger partial charge in [-0.2, -0.15) is 0 Å². The molecule has 92 valence electrons. The Hall–Kier alpha value is -0.570. The molecule has 0 heterocycles. The Bertz CT molecular complexity index is 236. The molecule has 0 saturated heterocycles. The summed E-state index contributed by atoms with van der Waals surface area (Å²) in [4.78, 5) is 12.1. The van der Waals surface area contributed by atoms with Gasteiger partial charge in [-0.3, -0.25) is 4.79 Å². The van der Waals surface area contributed by atoms with Crippen molar-refractivity contribution in [3.05, 3.63) is 0 Å². The molecule has 2 aliphatic carbocycles. The van der Waals surface area contributed by atoms with E-state index in [4.69, 9.17) is 5.73 Å². The van der Waals surface area contributed by atoms with Crippen molar-refractivity contribution in [2.24, 2.45) is 17.6 Å². The summed E-state index contributed by atoms with van der Waals surface area (Å²) in [7, 11) is 0. The first-order valence-corrected chi connectivity index (χ1v) is 6.81. The van der Waals surface area contributed by atoms with Crippen LogP contribution in [0.4, 0.5) is 0 Å². The zero-order valence-electron chi connectivity index (χ0n) is 10.1. The largest absolute Gasteiger partial charge is 0.353 e. The van der Waals surface area contributed by atoms with Gasteiger partial charge >= 0.3 is 0 Å². The quantitative estimate of drug-likeness (QED) is 0.768. The van der Waals surface area contributed by atoms with Gasteiger partial charge in [0, 0.05) is 12.0 Å². The summed E-state index contributed by atoms with van der Waals surface area (Å²) < 4.78 is 0. The first-order chi connectivity index (χ1) is 7.81. The monoisotopic (exact) mass is 224 g/mol. The molecular formula is C13H24N2O. The van der Waals surface area contributed by atoms with Crippen LogP contribution in [0.25, 0.3) is 0 Å². The van der Waals surface area contributed by atoms with Gasteiger partial charge in [-0.1, -0.05) is 25.7 Å². The average Bonchev–Trinajstić information content (AvgIpc) is 2.78. The SMILES string of the molecule is NCC1CCCC1C(=O)NC1CCCCC1. The Morgan fingerprint density at radius 3 is 2.50 bits per heavy atom. The molecule has 2 saturated carbocycles. The second-order valence-corrected chi connectivity index (χ2v) is 5.38. The third-order valence-corrected chi connectivity index (χ3v) is 4.25. The van der Waals surface area contributed by atoms with Gasteiger partial charge in [0.25, 0.3) is 0 Å². The van der Waals surface area contributed by atoms with Gasteiger partial charge in [-0.15, -0.1) is 0 Å². The van der Waals surface area contributed by atoms with Crippen LogP contribution in [0.2, 0.25) is 0 Å². The Morgan fingerprint density at radius 1 is 1.06 bits per heavy atom. The van der Waals surface area contributed by atoms with E-state index in [0.717, 1.165) is 12.8 Å². The number of carbonyl (C=O) groups excluding carboxylic acids is 1. The van der Waals surface area contributed by atoms with Crippen molar-refractivity contribution in [1.29, 1.82) is 0 Å².